The first-order chi connectivity index (χ1) is 14.0. The number of hydrogen-bond acceptors (Lipinski definition) is 5. The summed E-state index contributed by atoms with van der Waals surface area (Å²) >= 11 is 0. The first-order valence-electron chi connectivity index (χ1n) is 9.10. The van der Waals surface area contributed by atoms with Crippen molar-refractivity contribution in [1.82, 2.24) is 15.9 Å². The SMILES string of the molecule is CN(C)Cc1ccc2c(CONC(=O)c3ccc(C(=O)NO)cc3)cccc2c1. The molecule has 0 atom stereocenters. The van der Waals surface area contributed by atoms with Crippen LogP contribution >= 0.6 is 0 Å². The van der Waals surface area contributed by atoms with Gasteiger partial charge in [0.15, 0.2) is 0 Å². The van der Waals surface area contributed by atoms with E-state index in [1.54, 1.807) is 5.48 Å². The molecule has 0 saturated carbocycles. The number of benzene rings is 3. The number of hydrogen-bond donors (Lipinski definition) is 3. The van der Waals surface area contributed by atoms with Crippen LogP contribution in [0.5, 0.6) is 0 Å². The van der Waals surface area contributed by atoms with E-state index in [0.717, 1.165) is 22.9 Å². The average molecular weight is 393 g/mol. The van der Waals surface area contributed by atoms with Crippen LogP contribution in [-0.4, -0.2) is 36.0 Å². The molecule has 0 spiro atoms. The number of nitrogens with zero attached hydrogens (tertiary/aromatic N) is 1. The molecule has 0 fully saturated rings. The zero-order valence-electron chi connectivity index (χ0n) is 16.3. The lowest BCUT2D eigenvalue weighted by atomic mass is 10.0. The van der Waals surface area contributed by atoms with E-state index in [1.807, 2.05) is 26.2 Å². The summed E-state index contributed by atoms with van der Waals surface area (Å²) in [6.45, 7) is 1.09. The highest BCUT2D eigenvalue weighted by Crippen LogP contribution is 2.21. The Labute approximate surface area is 168 Å². The third-order valence-corrected chi connectivity index (χ3v) is 4.44. The lowest BCUT2D eigenvalue weighted by Gasteiger charge is -2.12. The topological polar surface area (TPSA) is 90.9 Å². The smallest absolute Gasteiger partial charge is 0.274 e. The summed E-state index contributed by atoms with van der Waals surface area (Å²) in [6.07, 6.45) is 0. The predicted octanol–water partition coefficient (Wildman–Crippen LogP) is 2.88. The molecule has 0 heterocycles. The quantitative estimate of drug-likeness (QED) is 0.424. The summed E-state index contributed by atoms with van der Waals surface area (Å²) < 4.78 is 0. The van der Waals surface area contributed by atoms with Crippen molar-refractivity contribution < 1.29 is 19.6 Å². The van der Waals surface area contributed by atoms with Gasteiger partial charge in [-0.2, -0.15) is 0 Å². The number of rotatable bonds is 7. The minimum atomic E-state index is -0.641. The van der Waals surface area contributed by atoms with Crippen molar-refractivity contribution in [2.24, 2.45) is 0 Å². The van der Waals surface area contributed by atoms with Crippen molar-refractivity contribution in [1.29, 1.82) is 0 Å². The molecule has 3 aromatic carbocycles. The van der Waals surface area contributed by atoms with Crippen LogP contribution in [0, 0.1) is 0 Å². The van der Waals surface area contributed by atoms with Gasteiger partial charge in [0.05, 0.1) is 0 Å². The molecule has 29 heavy (non-hydrogen) atoms. The number of carbonyl (C=O) groups is 2. The van der Waals surface area contributed by atoms with E-state index < -0.39 is 11.8 Å². The van der Waals surface area contributed by atoms with Gasteiger partial charge in [-0.3, -0.25) is 19.6 Å². The van der Waals surface area contributed by atoms with Crippen molar-refractivity contribution in [2.45, 2.75) is 13.2 Å². The zero-order chi connectivity index (χ0) is 20.8. The summed E-state index contributed by atoms with van der Waals surface area (Å²) in [5, 5.41) is 10.8. The van der Waals surface area contributed by atoms with Gasteiger partial charge >= 0.3 is 0 Å². The molecular weight excluding hydrogens is 370 g/mol. The highest BCUT2D eigenvalue weighted by molar-refractivity contribution is 5.97. The molecule has 7 heteroatoms. The number of hydroxylamine groups is 2. The van der Waals surface area contributed by atoms with Crippen LogP contribution in [0.25, 0.3) is 10.8 Å². The second-order valence-electron chi connectivity index (χ2n) is 6.95. The molecule has 0 aliphatic carbocycles. The third kappa shape index (κ3) is 5.17. The van der Waals surface area contributed by atoms with Crippen molar-refractivity contribution >= 4 is 22.6 Å². The first kappa shape index (κ1) is 20.5. The van der Waals surface area contributed by atoms with E-state index >= 15 is 0 Å². The second-order valence-corrected chi connectivity index (χ2v) is 6.95. The lowest BCUT2D eigenvalue weighted by molar-refractivity contribution is 0.0237. The average Bonchev–Trinajstić information content (AvgIpc) is 2.72. The molecule has 3 N–H and O–H groups in total. The van der Waals surface area contributed by atoms with Gasteiger partial charge in [0.2, 0.25) is 0 Å². The largest absolute Gasteiger partial charge is 0.305 e. The highest BCUT2D eigenvalue weighted by Gasteiger charge is 2.09. The van der Waals surface area contributed by atoms with E-state index in [4.69, 9.17) is 10.0 Å². The van der Waals surface area contributed by atoms with Crippen molar-refractivity contribution in [3.63, 3.8) is 0 Å². The Morgan fingerprint density at radius 1 is 0.966 bits per heavy atom. The minimum absolute atomic E-state index is 0.223. The monoisotopic (exact) mass is 393 g/mol. The molecule has 2 amide bonds. The maximum absolute atomic E-state index is 12.2. The Kier molecular flexibility index (Phi) is 6.56. The Morgan fingerprint density at radius 3 is 2.31 bits per heavy atom. The fourth-order valence-electron chi connectivity index (χ4n) is 3.07. The molecule has 150 valence electrons. The summed E-state index contributed by atoms with van der Waals surface area (Å²) in [4.78, 5) is 31.0. The molecule has 0 radical (unpaired) electrons. The van der Waals surface area contributed by atoms with Crippen LogP contribution in [-0.2, 0) is 18.0 Å². The van der Waals surface area contributed by atoms with Crippen molar-refractivity contribution in [3.8, 4) is 0 Å². The van der Waals surface area contributed by atoms with Crippen LogP contribution in [0.3, 0.4) is 0 Å². The molecule has 3 aromatic rings. The predicted molar refractivity (Wildman–Crippen MR) is 109 cm³/mol. The van der Waals surface area contributed by atoms with Crippen LogP contribution in [0.4, 0.5) is 0 Å². The Bertz CT molecular complexity index is 1020. The summed E-state index contributed by atoms with van der Waals surface area (Å²) in [5.74, 6) is -1.06. The van der Waals surface area contributed by atoms with E-state index in [-0.39, 0.29) is 12.2 Å². The molecule has 7 nitrogen and oxygen atoms in total. The van der Waals surface area contributed by atoms with Crippen LogP contribution in [0.15, 0.2) is 60.7 Å². The molecule has 0 unspecified atom stereocenters. The Morgan fingerprint density at radius 2 is 1.66 bits per heavy atom. The highest BCUT2D eigenvalue weighted by atomic mass is 16.6. The van der Waals surface area contributed by atoms with Gasteiger partial charge in [0.1, 0.15) is 6.61 Å². The van der Waals surface area contributed by atoms with E-state index in [2.05, 4.69) is 34.6 Å². The van der Waals surface area contributed by atoms with Crippen LogP contribution < -0.4 is 11.0 Å². The number of nitrogens with one attached hydrogen (secondary N) is 2. The van der Waals surface area contributed by atoms with Crippen LogP contribution in [0.2, 0.25) is 0 Å². The van der Waals surface area contributed by atoms with Gasteiger partial charge < -0.3 is 4.90 Å². The number of amides is 2. The second kappa shape index (κ2) is 9.29. The molecule has 0 aliphatic rings. The fraction of sp³-hybridized carbons (Fsp3) is 0.182. The van der Waals surface area contributed by atoms with Gasteiger partial charge in [-0.05, 0) is 66.3 Å². The van der Waals surface area contributed by atoms with E-state index in [0.29, 0.717) is 5.56 Å². The number of fused-ring (bicyclic) bond motifs is 1. The van der Waals surface area contributed by atoms with E-state index in [9.17, 15) is 9.59 Å². The first-order valence-corrected chi connectivity index (χ1v) is 9.10. The Balaban J connectivity index is 1.63. The van der Waals surface area contributed by atoms with Gasteiger partial charge in [-0.1, -0.05) is 30.3 Å². The lowest BCUT2D eigenvalue weighted by Crippen LogP contribution is -2.24. The summed E-state index contributed by atoms with van der Waals surface area (Å²) in [6, 6.07) is 18.1. The molecule has 0 aliphatic heterocycles. The van der Waals surface area contributed by atoms with E-state index in [1.165, 1.54) is 29.8 Å². The van der Waals surface area contributed by atoms with Gasteiger partial charge in [-0.15, -0.1) is 0 Å². The fourth-order valence-corrected chi connectivity index (χ4v) is 3.07. The minimum Gasteiger partial charge on any atom is -0.305 e. The zero-order valence-corrected chi connectivity index (χ0v) is 16.3. The molecular formula is C22H23N3O4. The normalized spacial score (nSPS) is 10.9. The van der Waals surface area contributed by atoms with Crippen molar-refractivity contribution in [2.75, 3.05) is 14.1 Å². The molecule has 3 rings (SSSR count). The molecule has 0 saturated heterocycles. The number of carbonyl (C=O) groups excluding carboxylic acids is 2. The van der Waals surface area contributed by atoms with Gasteiger partial charge in [-0.25, -0.2) is 11.0 Å². The standard InChI is InChI=1S/C22H23N3O4/c1-25(2)13-15-6-11-20-18(12-15)4-3-5-19(20)14-29-24-22(27)17-9-7-16(8-10-17)21(26)23-28/h3-12,28H,13-14H2,1-2H3,(H,23,26)(H,24,27). The Hall–Kier alpha value is -3.26. The molecule has 0 bridgehead atoms. The summed E-state index contributed by atoms with van der Waals surface area (Å²) in [7, 11) is 4.07. The molecule has 0 aromatic heterocycles. The maximum atomic E-state index is 12.2. The third-order valence-electron chi connectivity index (χ3n) is 4.44. The van der Waals surface area contributed by atoms with Gasteiger partial charge in [0, 0.05) is 17.7 Å². The van der Waals surface area contributed by atoms with Crippen LogP contribution in [0.1, 0.15) is 31.8 Å². The van der Waals surface area contributed by atoms with Crippen molar-refractivity contribution in [3.05, 3.63) is 82.9 Å². The summed E-state index contributed by atoms with van der Waals surface area (Å²) in [5.41, 5.74) is 6.74. The maximum Gasteiger partial charge on any atom is 0.274 e. The van der Waals surface area contributed by atoms with Gasteiger partial charge in [0.25, 0.3) is 11.8 Å².